The maximum absolute atomic E-state index is 9.48. The van der Waals surface area contributed by atoms with Crippen molar-refractivity contribution in [3.05, 3.63) is 78.6 Å². The van der Waals surface area contributed by atoms with Gasteiger partial charge in [0.25, 0.3) is 5.95 Å². The number of para-hydroxylation sites is 2. The Morgan fingerprint density at radius 3 is 2.62 bits per heavy atom. The van der Waals surface area contributed by atoms with Crippen molar-refractivity contribution in [2.75, 3.05) is 5.06 Å². The number of hydrogen-bond donors (Lipinski definition) is 0. The number of anilines is 2. The van der Waals surface area contributed by atoms with Crippen LogP contribution in [0.3, 0.4) is 0 Å². The van der Waals surface area contributed by atoms with Crippen LogP contribution in [0.25, 0.3) is 11.0 Å². The van der Waals surface area contributed by atoms with E-state index < -0.39 is 0 Å². The standard InChI is InChI=1S/C20H15N5O/c1-24-12-11-17-19(24)14-22-20(23-17)25(26-16-8-3-2-4-9-16)18-10-6-5-7-15(18)13-21/h2-12,14H,1H3. The Morgan fingerprint density at radius 1 is 1.04 bits per heavy atom. The van der Waals surface area contributed by atoms with Gasteiger partial charge in [-0.1, -0.05) is 30.3 Å². The van der Waals surface area contributed by atoms with E-state index in [9.17, 15) is 5.26 Å². The van der Waals surface area contributed by atoms with Gasteiger partial charge >= 0.3 is 0 Å². The van der Waals surface area contributed by atoms with Crippen molar-refractivity contribution in [1.82, 2.24) is 14.5 Å². The predicted molar refractivity (Wildman–Crippen MR) is 98.9 cm³/mol. The lowest BCUT2D eigenvalue weighted by molar-refractivity contribution is 0.317. The number of nitriles is 1. The summed E-state index contributed by atoms with van der Waals surface area (Å²) < 4.78 is 1.95. The van der Waals surface area contributed by atoms with E-state index in [1.807, 2.05) is 66.3 Å². The van der Waals surface area contributed by atoms with Crippen LogP contribution in [-0.4, -0.2) is 14.5 Å². The van der Waals surface area contributed by atoms with Gasteiger partial charge in [-0.2, -0.15) is 5.26 Å². The molecule has 2 aromatic heterocycles. The van der Waals surface area contributed by atoms with E-state index in [4.69, 9.17) is 4.84 Å². The molecule has 0 N–H and O–H groups in total. The Kier molecular flexibility index (Phi) is 3.96. The highest BCUT2D eigenvalue weighted by Gasteiger charge is 2.19. The second-order valence-electron chi connectivity index (χ2n) is 5.69. The maximum atomic E-state index is 9.48. The summed E-state index contributed by atoms with van der Waals surface area (Å²) in [6.45, 7) is 0. The molecule has 0 amide bonds. The monoisotopic (exact) mass is 341 g/mol. The summed E-state index contributed by atoms with van der Waals surface area (Å²) in [6.07, 6.45) is 3.67. The first kappa shape index (κ1) is 15.7. The van der Waals surface area contributed by atoms with Gasteiger partial charge in [0, 0.05) is 13.2 Å². The van der Waals surface area contributed by atoms with Crippen LogP contribution < -0.4 is 9.90 Å². The van der Waals surface area contributed by atoms with Crippen molar-refractivity contribution in [2.24, 2.45) is 7.05 Å². The summed E-state index contributed by atoms with van der Waals surface area (Å²) in [5.74, 6) is 0.979. The van der Waals surface area contributed by atoms with Gasteiger partial charge in [0.15, 0.2) is 5.75 Å². The minimum Gasteiger partial charge on any atom is -0.372 e. The molecule has 0 spiro atoms. The normalized spacial score (nSPS) is 10.5. The molecule has 6 heteroatoms. The largest absolute Gasteiger partial charge is 0.372 e. The average molecular weight is 341 g/mol. The van der Waals surface area contributed by atoms with Gasteiger partial charge in [-0.15, -0.1) is 5.06 Å². The predicted octanol–water partition coefficient (Wildman–Crippen LogP) is 3.97. The molecule has 0 unspecified atom stereocenters. The first-order valence-electron chi connectivity index (χ1n) is 8.06. The third-order valence-electron chi connectivity index (χ3n) is 3.99. The second-order valence-corrected chi connectivity index (χ2v) is 5.69. The summed E-state index contributed by atoms with van der Waals surface area (Å²) in [5.41, 5.74) is 2.77. The zero-order valence-corrected chi connectivity index (χ0v) is 14.1. The minimum atomic E-state index is 0.357. The molecule has 6 nitrogen and oxygen atoms in total. The first-order chi connectivity index (χ1) is 12.8. The van der Waals surface area contributed by atoms with Crippen LogP contribution in [0, 0.1) is 11.3 Å². The van der Waals surface area contributed by atoms with Gasteiger partial charge in [0.2, 0.25) is 0 Å². The minimum absolute atomic E-state index is 0.357. The van der Waals surface area contributed by atoms with Crippen LogP contribution in [0.1, 0.15) is 5.56 Å². The number of hydrogen-bond acceptors (Lipinski definition) is 5. The number of aromatic nitrogens is 3. The molecule has 0 bridgehead atoms. The Balaban J connectivity index is 1.84. The van der Waals surface area contributed by atoms with Crippen molar-refractivity contribution in [1.29, 1.82) is 5.26 Å². The zero-order valence-electron chi connectivity index (χ0n) is 14.1. The Bertz CT molecular complexity index is 1100. The molecule has 26 heavy (non-hydrogen) atoms. The maximum Gasteiger partial charge on any atom is 0.264 e. The van der Waals surface area contributed by atoms with Gasteiger partial charge in [0.05, 0.1) is 22.8 Å². The molecule has 4 rings (SSSR count). The Hall–Kier alpha value is -3.85. The van der Waals surface area contributed by atoms with Crippen molar-refractivity contribution in [2.45, 2.75) is 0 Å². The van der Waals surface area contributed by atoms with E-state index in [-0.39, 0.29) is 0 Å². The van der Waals surface area contributed by atoms with Crippen LogP contribution in [0.5, 0.6) is 5.75 Å². The van der Waals surface area contributed by atoms with Crippen molar-refractivity contribution in [3.8, 4) is 11.8 Å². The molecule has 2 heterocycles. The van der Waals surface area contributed by atoms with Crippen LogP contribution in [-0.2, 0) is 7.05 Å². The smallest absolute Gasteiger partial charge is 0.264 e. The van der Waals surface area contributed by atoms with Crippen molar-refractivity contribution in [3.63, 3.8) is 0 Å². The van der Waals surface area contributed by atoms with E-state index in [1.165, 1.54) is 5.06 Å². The molecule has 0 aliphatic rings. The lowest BCUT2D eigenvalue weighted by Crippen LogP contribution is -2.24. The van der Waals surface area contributed by atoms with Gasteiger partial charge in [0.1, 0.15) is 11.8 Å². The Labute approximate surface area is 150 Å². The van der Waals surface area contributed by atoms with E-state index >= 15 is 0 Å². The number of fused-ring (bicyclic) bond motifs is 1. The number of benzene rings is 2. The molecule has 0 fully saturated rings. The van der Waals surface area contributed by atoms with Crippen molar-refractivity contribution >= 4 is 22.7 Å². The van der Waals surface area contributed by atoms with Crippen molar-refractivity contribution < 1.29 is 4.84 Å². The van der Waals surface area contributed by atoms with E-state index in [0.29, 0.717) is 22.9 Å². The van der Waals surface area contributed by atoms with E-state index in [2.05, 4.69) is 16.0 Å². The van der Waals surface area contributed by atoms with E-state index in [1.54, 1.807) is 18.3 Å². The fraction of sp³-hybridized carbons (Fsp3) is 0.0500. The molecule has 2 aromatic carbocycles. The van der Waals surface area contributed by atoms with Gasteiger partial charge < -0.3 is 9.40 Å². The van der Waals surface area contributed by atoms with Crippen LogP contribution in [0.15, 0.2) is 73.1 Å². The summed E-state index contributed by atoms with van der Waals surface area (Å²) in [4.78, 5) is 15.1. The average Bonchev–Trinajstić information content (AvgIpc) is 3.07. The van der Waals surface area contributed by atoms with Crippen LogP contribution in [0.4, 0.5) is 11.6 Å². The molecule has 126 valence electrons. The van der Waals surface area contributed by atoms with E-state index in [0.717, 1.165) is 11.0 Å². The highest BCUT2D eigenvalue weighted by molar-refractivity contribution is 5.77. The van der Waals surface area contributed by atoms with Crippen LogP contribution >= 0.6 is 0 Å². The summed E-state index contributed by atoms with van der Waals surface area (Å²) in [6, 6.07) is 20.6. The van der Waals surface area contributed by atoms with Gasteiger partial charge in [-0.3, -0.25) is 0 Å². The molecule has 0 atom stereocenters. The highest BCUT2D eigenvalue weighted by atomic mass is 16.7. The molecule has 0 saturated carbocycles. The lowest BCUT2D eigenvalue weighted by Gasteiger charge is -2.23. The lowest BCUT2D eigenvalue weighted by atomic mass is 10.2. The molecule has 0 aliphatic heterocycles. The third-order valence-corrected chi connectivity index (χ3v) is 3.99. The summed E-state index contributed by atoms with van der Waals surface area (Å²) in [7, 11) is 1.94. The van der Waals surface area contributed by atoms with Gasteiger partial charge in [-0.05, 0) is 30.3 Å². The molecular weight excluding hydrogens is 326 g/mol. The van der Waals surface area contributed by atoms with Crippen LogP contribution in [0.2, 0.25) is 0 Å². The topological polar surface area (TPSA) is 67.0 Å². The van der Waals surface area contributed by atoms with Gasteiger partial charge in [-0.25, -0.2) is 9.97 Å². The quantitative estimate of drug-likeness (QED) is 0.525. The SMILES string of the molecule is Cn1ccc2nc(N(Oc3ccccc3)c3ccccc3C#N)ncc21. The first-order valence-corrected chi connectivity index (χ1v) is 8.06. The zero-order chi connectivity index (χ0) is 17.9. The number of aryl methyl sites for hydroxylation is 1. The second kappa shape index (κ2) is 6.57. The molecule has 0 radical (unpaired) electrons. The molecule has 0 saturated heterocycles. The number of rotatable bonds is 4. The molecular formula is C20H15N5O. The highest BCUT2D eigenvalue weighted by Crippen LogP contribution is 2.28. The fourth-order valence-electron chi connectivity index (χ4n) is 2.66. The Morgan fingerprint density at radius 2 is 1.81 bits per heavy atom. The fourth-order valence-corrected chi connectivity index (χ4v) is 2.66. The summed E-state index contributed by atoms with van der Waals surface area (Å²) in [5, 5.41) is 11.0. The summed E-state index contributed by atoms with van der Waals surface area (Å²) >= 11 is 0. The number of nitrogens with zero attached hydrogens (tertiary/aromatic N) is 5. The third kappa shape index (κ3) is 2.82. The molecule has 4 aromatic rings. The molecule has 0 aliphatic carbocycles.